The highest BCUT2D eigenvalue weighted by Crippen LogP contribution is 2.35. The van der Waals surface area contributed by atoms with E-state index in [0.29, 0.717) is 13.2 Å². The van der Waals surface area contributed by atoms with Crippen LogP contribution in [0.5, 0.6) is 5.75 Å². The van der Waals surface area contributed by atoms with Crippen LogP contribution in [0.3, 0.4) is 0 Å². The van der Waals surface area contributed by atoms with Gasteiger partial charge >= 0.3 is 0 Å². The first kappa shape index (κ1) is 16.9. The lowest BCUT2D eigenvalue weighted by atomic mass is 9.84. The zero-order valence-corrected chi connectivity index (χ0v) is 15.2. The van der Waals surface area contributed by atoms with Crippen LogP contribution in [0.4, 0.5) is 11.4 Å². The Kier molecular flexibility index (Phi) is 4.80. The van der Waals surface area contributed by atoms with Gasteiger partial charge < -0.3 is 20.7 Å². The SMILES string of the molecule is Cc1cccc(OCCN=C2Nc3ccccc3NC23CCNCC3)c1. The zero-order valence-electron chi connectivity index (χ0n) is 15.2. The molecule has 0 bridgehead atoms. The van der Waals surface area contributed by atoms with Crippen LogP contribution in [0.1, 0.15) is 18.4 Å². The Labute approximate surface area is 154 Å². The molecule has 3 N–H and O–H groups in total. The Hall–Kier alpha value is -2.53. The van der Waals surface area contributed by atoms with Crippen molar-refractivity contribution >= 4 is 17.2 Å². The van der Waals surface area contributed by atoms with Gasteiger partial charge in [-0.3, -0.25) is 4.99 Å². The van der Waals surface area contributed by atoms with Crippen molar-refractivity contribution in [3.8, 4) is 5.75 Å². The van der Waals surface area contributed by atoms with Crippen LogP contribution in [0.15, 0.2) is 53.5 Å². The number of rotatable bonds is 4. The summed E-state index contributed by atoms with van der Waals surface area (Å²) < 4.78 is 5.86. The average Bonchev–Trinajstić information content (AvgIpc) is 2.66. The molecule has 5 nitrogen and oxygen atoms in total. The Balaban J connectivity index is 1.48. The minimum absolute atomic E-state index is 0.108. The maximum Gasteiger partial charge on any atom is 0.127 e. The van der Waals surface area contributed by atoms with Crippen molar-refractivity contribution in [3.05, 3.63) is 54.1 Å². The number of aryl methyl sites for hydroxylation is 1. The summed E-state index contributed by atoms with van der Waals surface area (Å²) in [6, 6.07) is 16.5. The van der Waals surface area contributed by atoms with E-state index in [1.54, 1.807) is 0 Å². The van der Waals surface area contributed by atoms with Crippen molar-refractivity contribution in [2.24, 2.45) is 4.99 Å². The number of fused-ring (bicyclic) bond motifs is 1. The third-order valence-electron chi connectivity index (χ3n) is 5.08. The monoisotopic (exact) mass is 350 g/mol. The number of hydrogen-bond donors (Lipinski definition) is 3. The van der Waals surface area contributed by atoms with Crippen LogP contribution < -0.4 is 20.7 Å². The molecule has 1 fully saturated rings. The minimum atomic E-state index is -0.108. The summed E-state index contributed by atoms with van der Waals surface area (Å²) in [6.45, 7) is 5.27. The third kappa shape index (κ3) is 3.53. The van der Waals surface area contributed by atoms with Gasteiger partial charge in [-0.05, 0) is 62.7 Å². The fraction of sp³-hybridized carbons (Fsp3) is 0.381. The first-order chi connectivity index (χ1) is 12.8. The van der Waals surface area contributed by atoms with Crippen molar-refractivity contribution in [1.29, 1.82) is 0 Å². The van der Waals surface area contributed by atoms with E-state index in [9.17, 15) is 0 Å². The number of para-hydroxylation sites is 2. The number of piperidine rings is 1. The Morgan fingerprint density at radius 1 is 1.04 bits per heavy atom. The first-order valence-corrected chi connectivity index (χ1v) is 9.35. The van der Waals surface area contributed by atoms with Gasteiger partial charge in [0.05, 0.1) is 23.5 Å². The molecule has 0 aromatic heterocycles. The molecule has 0 saturated carbocycles. The molecule has 2 aromatic rings. The first-order valence-electron chi connectivity index (χ1n) is 9.35. The molecule has 1 saturated heterocycles. The zero-order chi connectivity index (χ0) is 17.8. The van der Waals surface area contributed by atoms with E-state index >= 15 is 0 Å². The number of amidine groups is 1. The molecule has 26 heavy (non-hydrogen) atoms. The molecule has 0 amide bonds. The van der Waals surface area contributed by atoms with Gasteiger partial charge in [0.2, 0.25) is 0 Å². The number of nitrogens with zero attached hydrogens (tertiary/aromatic N) is 1. The molecule has 136 valence electrons. The second kappa shape index (κ2) is 7.38. The maximum absolute atomic E-state index is 5.86. The van der Waals surface area contributed by atoms with Gasteiger partial charge in [-0.2, -0.15) is 0 Å². The van der Waals surface area contributed by atoms with E-state index in [0.717, 1.165) is 48.9 Å². The van der Waals surface area contributed by atoms with E-state index in [1.807, 2.05) is 18.2 Å². The van der Waals surface area contributed by atoms with Gasteiger partial charge in [0, 0.05) is 0 Å². The van der Waals surface area contributed by atoms with Gasteiger partial charge in [-0.15, -0.1) is 0 Å². The van der Waals surface area contributed by atoms with Crippen molar-refractivity contribution in [1.82, 2.24) is 5.32 Å². The molecule has 2 aromatic carbocycles. The van der Waals surface area contributed by atoms with Gasteiger partial charge in [-0.25, -0.2) is 0 Å². The third-order valence-corrected chi connectivity index (χ3v) is 5.08. The highest BCUT2D eigenvalue weighted by atomic mass is 16.5. The van der Waals surface area contributed by atoms with Crippen LogP contribution in [0.25, 0.3) is 0 Å². The molecule has 1 spiro atoms. The van der Waals surface area contributed by atoms with Gasteiger partial charge in [-0.1, -0.05) is 24.3 Å². The van der Waals surface area contributed by atoms with E-state index in [-0.39, 0.29) is 5.54 Å². The molecule has 2 aliphatic heterocycles. The molecular weight excluding hydrogens is 324 g/mol. The van der Waals surface area contributed by atoms with Gasteiger partial charge in [0.1, 0.15) is 18.2 Å². The van der Waals surface area contributed by atoms with E-state index in [4.69, 9.17) is 9.73 Å². The van der Waals surface area contributed by atoms with Crippen LogP contribution in [0.2, 0.25) is 0 Å². The average molecular weight is 350 g/mol. The lowest BCUT2D eigenvalue weighted by Gasteiger charge is -2.44. The Bertz CT molecular complexity index is 796. The Morgan fingerprint density at radius 2 is 1.85 bits per heavy atom. The van der Waals surface area contributed by atoms with Crippen molar-refractivity contribution in [3.63, 3.8) is 0 Å². The number of anilines is 2. The van der Waals surface area contributed by atoms with Crippen molar-refractivity contribution < 1.29 is 4.74 Å². The van der Waals surface area contributed by atoms with Gasteiger partial charge in [0.25, 0.3) is 0 Å². The number of nitrogens with one attached hydrogen (secondary N) is 3. The number of benzene rings is 2. The quantitative estimate of drug-likeness (QED) is 0.740. The minimum Gasteiger partial charge on any atom is -0.492 e. The number of hydrogen-bond acceptors (Lipinski definition) is 4. The summed E-state index contributed by atoms with van der Waals surface area (Å²) in [5.41, 5.74) is 3.35. The normalized spacial score (nSPS) is 19.5. The fourth-order valence-corrected chi connectivity index (χ4v) is 3.70. The lowest BCUT2D eigenvalue weighted by molar-refractivity contribution is 0.327. The maximum atomic E-state index is 5.86. The number of aliphatic imine (C=N–C) groups is 1. The van der Waals surface area contributed by atoms with Crippen molar-refractivity contribution in [2.75, 3.05) is 36.9 Å². The predicted molar refractivity (Wildman–Crippen MR) is 107 cm³/mol. The summed E-state index contributed by atoms with van der Waals surface area (Å²) in [5.74, 6) is 1.94. The molecule has 0 radical (unpaired) electrons. The smallest absolute Gasteiger partial charge is 0.127 e. The standard InChI is InChI=1S/C21H26N4O/c1-16-5-4-6-17(15-16)26-14-13-23-20-21(9-11-22-12-10-21)25-19-8-3-2-7-18(19)24-20/h2-8,15,22,25H,9-14H2,1H3,(H,23,24). The molecule has 5 heteroatoms. The summed E-state index contributed by atoms with van der Waals surface area (Å²) in [6.07, 6.45) is 2.04. The topological polar surface area (TPSA) is 57.7 Å². The highest BCUT2D eigenvalue weighted by molar-refractivity contribution is 6.09. The summed E-state index contributed by atoms with van der Waals surface area (Å²) in [5, 5.41) is 10.8. The molecule has 0 unspecified atom stereocenters. The van der Waals surface area contributed by atoms with E-state index in [1.165, 1.54) is 5.56 Å². The second-order valence-electron chi connectivity index (χ2n) is 7.02. The van der Waals surface area contributed by atoms with Crippen LogP contribution >= 0.6 is 0 Å². The molecule has 2 heterocycles. The molecule has 0 atom stereocenters. The summed E-state index contributed by atoms with van der Waals surface area (Å²) in [7, 11) is 0. The predicted octanol–water partition coefficient (Wildman–Crippen LogP) is 3.43. The van der Waals surface area contributed by atoms with Crippen LogP contribution in [0, 0.1) is 6.92 Å². The largest absolute Gasteiger partial charge is 0.492 e. The molecular formula is C21H26N4O. The van der Waals surface area contributed by atoms with E-state index < -0.39 is 0 Å². The van der Waals surface area contributed by atoms with Gasteiger partial charge in [0.15, 0.2) is 0 Å². The van der Waals surface area contributed by atoms with Crippen molar-refractivity contribution in [2.45, 2.75) is 25.3 Å². The summed E-state index contributed by atoms with van der Waals surface area (Å²) in [4.78, 5) is 4.89. The molecule has 4 rings (SSSR count). The summed E-state index contributed by atoms with van der Waals surface area (Å²) >= 11 is 0. The Morgan fingerprint density at radius 3 is 2.65 bits per heavy atom. The van der Waals surface area contributed by atoms with Crippen LogP contribution in [-0.2, 0) is 0 Å². The second-order valence-corrected chi connectivity index (χ2v) is 7.02. The highest BCUT2D eigenvalue weighted by Gasteiger charge is 2.40. The van der Waals surface area contributed by atoms with Crippen LogP contribution in [-0.4, -0.2) is 37.6 Å². The number of ether oxygens (including phenoxy) is 1. The lowest BCUT2D eigenvalue weighted by Crippen LogP contribution is -2.57. The molecule has 0 aliphatic carbocycles. The fourth-order valence-electron chi connectivity index (χ4n) is 3.70. The molecule has 2 aliphatic rings. The van der Waals surface area contributed by atoms with E-state index in [2.05, 4.69) is 53.2 Å².